The summed E-state index contributed by atoms with van der Waals surface area (Å²) >= 11 is 0. The van der Waals surface area contributed by atoms with Crippen LogP contribution in [0.2, 0.25) is 0 Å². The van der Waals surface area contributed by atoms with Gasteiger partial charge in [-0.1, -0.05) is 75.4 Å². The van der Waals surface area contributed by atoms with Gasteiger partial charge < -0.3 is 5.32 Å². The Morgan fingerprint density at radius 1 is 1.00 bits per heavy atom. The van der Waals surface area contributed by atoms with Crippen LogP contribution in [-0.4, -0.2) is 30.6 Å². The summed E-state index contributed by atoms with van der Waals surface area (Å²) in [5, 5.41) is 3.52. The number of hydrogen-bond donors (Lipinski definition) is 1. The molecule has 2 unspecified atom stereocenters. The third-order valence-corrected chi connectivity index (χ3v) is 5.07. The highest BCUT2D eigenvalue weighted by Crippen LogP contribution is 2.33. The zero-order chi connectivity index (χ0) is 17.2. The second kappa shape index (κ2) is 7.08. The molecule has 1 heterocycles. The lowest BCUT2D eigenvalue weighted by atomic mass is 9.84. The normalized spacial score (nSPS) is 20.8. The average molecular weight is 322 g/mol. The topological polar surface area (TPSA) is 15.3 Å². The molecule has 0 aromatic heterocycles. The maximum atomic E-state index is 3.52. The first-order chi connectivity index (χ1) is 11.5. The first kappa shape index (κ1) is 17.2. The van der Waals surface area contributed by atoms with Crippen LogP contribution in [0.15, 0.2) is 54.6 Å². The monoisotopic (exact) mass is 322 g/mol. The Kier molecular flexibility index (Phi) is 5.07. The van der Waals surface area contributed by atoms with Crippen molar-refractivity contribution in [2.75, 3.05) is 19.6 Å². The fraction of sp³-hybridized carbons (Fsp3) is 0.455. The van der Waals surface area contributed by atoms with Crippen molar-refractivity contribution in [1.82, 2.24) is 10.2 Å². The molecular formula is C22H30N2. The highest BCUT2D eigenvalue weighted by atomic mass is 15.2. The van der Waals surface area contributed by atoms with E-state index >= 15 is 0 Å². The zero-order valence-electron chi connectivity index (χ0n) is 15.4. The van der Waals surface area contributed by atoms with Crippen LogP contribution in [0.4, 0.5) is 0 Å². The molecule has 0 saturated carbocycles. The van der Waals surface area contributed by atoms with Gasteiger partial charge in [0.05, 0.1) is 6.04 Å². The van der Waals surface area contributed by atoms with Crippen molar-refractivity contribution in [1.29, 1.82) is 0 Å². The first-order valence-corrected chi connectivity index (χ1v) is 9.08. The summed E-state index contributed by atoms with van der Waals surface area (Å²) < 4.78 is 0. The van der Waals surface area contributed by atoms with E-state index in [4.69, 9.17) is 0 Å². The molecule has 2 aromatic rings. The van der Waals surface area contributed by atoms with Crippen molar-refractivity contribution >= 4 is 0 Å². The van der Waals surface area contributed by atoms with E-state index < -0.39 is 0 Å². The maximum absolute atomic E-state index is 3.52. The number of piperazine rings is 1. The molecule has 1 fully saturated rings. The average Bonchev–Trinajstić information content (AvgIpc) is 2.57. The quantitative estimate of drug-likeness (QED) is 0.903. The van der Waals surface area contributed by atoms with E-state index in [1.54, 1.807) is 0 Å². The van der Waals surface area contributed by atoms with Gasteiger partial charge in [-0.15, -0.1) is 0 Å². The van der Waals surface area contributed by atoms with Crippen molar-refractivity contribution in [3.63, 3.8) is 0 Å². The van der Waals surface area contributed by atoms with Crippen molar-refractivity contribution in [3.05, 3.63) is 71.3 Å². The lowest BCUT2D eigenvalue weighted by Crippen LogP contribution is -2.51. The molecule has 24 heavy (non-hydrogen) atoms. The third kappa shape index (κ3) is 3.71. The van der Waals surface area contributed by atoms with Gasteiger partial charge in [-0.3, -0.25) is 4.90 Å². The van der Waals surface area contributed by atoms with Crippen LogP contribution in [0, 0.1) is 0 Å². The van der Waals surface area contributed by atoms with Gasteiger partial charge in [-0.05, 0) is 29.0 Å². The summed E-state index contributed by atoms with van der Waals surface area (Å²) in [6.07, 6.45) is 0. The van der Waals surface area contributed by atoms with Crippen LogP contribution in [0.25, 0.3) is 0 Å². The van der Waals surface area contributed by atoms with Gasteiger partial charge in [0, 0.05) is 25.7 Å². The fourth-order valence-electron chi connectivity index (χ4n) is 3.63. The van der Waals surface area contributed by atoms with Crippen LogP contribution in [0.3, 0.4) is 0 Å². The molecule has 0 aliphatic carbocycles. The second-order valence-corrected chi connectivity index (χ2v) is 7.98. The molecule has 3 rings (SSSR count). The van der Waals surface area contributed by atoms with Crippen LogP contribution in [0.5, 0.6) is 0 Å². The third-order valence-electron chi connectivity index (χ3n) is 5.07. The fourth-order valence-corrected chi connectivity index (χ4v) is 3.63. The van der Waals surface area contributed by atoms with E-state index in [9.17, 15) is 0 Å². The molecule has 1 aliphatic rings. The molecule has 1 N–H and O–H groups in total. The van der Waals surface area contributed by atoms with Crippen molar-refractivity contribution < 1.29 is 0 Å². The lowest BCUT2D eigenvalue weighted by molar-refractivity contribution is 0.136. The van der Waals surface area contributed by atoms with E-state index in [-0.39, 0.29) is 5.41 Å². The zero-order valence-corrected chi connectivity index (χ0v) is 15.4. The Morgan fingerprint density at radius 2 is 1.71 bits per heavy atom. The standard InChI is InChI=1S/C22H30N2/c1-17-16-23-13-14-24(17)21(18-9-6-5-7-10-18)19-11-8-12-20(15-19)22(2,3)4/h5-12,15,17,21,23H,13-14,16H2,1-4H3. The van der Waals surface area contributed by atoms with Gasteiger partial charge in [0.1, 0.15) is 0 Å². The Labute approximate surface area is 146 Å². The summed E-state index contributed by atoms with van der Waals surface area (Å²) in [5.74, 6) is 0. The summed E-state index contributed by atoms with van der Waals surface area (Å²) in [6.45, 7) is 12.4. The van der Waals surface area contributed by atoms with Crippen molar-refractivity contribution in [3.8, 4) is 0 Å². The molecular weight excluding hydrogens is 292 g/mol. The maximum Gasteiger partial charge on any atom is 0.0605 e. The molecule has 1 saturated heterocycles. The molecule has 2 heteroatoms. The SMILES string of the molecule is CC1CNCCN1C(c1ccccc1)c1cccc(C(C)(C)C)c1. The van der Waals surface area contributed by atoms with Gasteiger partial charge in [0.25, 0.3) is 0 Å². The molecule has 0 amide bonds. The van der Waals surface area contributed by atoms with Crippen LogP contribution in [0.1, 0.15) is 50.4 Å². The van der Waals surface area contributed by atoms with E-state index in [1.807, 2.05) is 0 Å². The number of nitrogens with zero attached hydrogens (tertiary/aromatic N) is 1. The van der Waals surface area contributed by atoms with Gasteiger partial charge in [0.2, 0.25) is 0 Å². The predicted molar refractivity (Wildman–Crippen MR) is 102 cm³/mol. The van der Waals surface area contributed by atoms with Gasteiger partial charge in [-0.25, -0.2) is 0 Å². The number of benzene rings is 2. The van der Waals surface area contributed by atoms with Gasteiger partial charge >= 0.3 is 0 Å². The Balaban J connectivity index is 2.05. The molecule has 128 valence electrons. The molecule has 2 nitrogen and oxygen atoms in total. The number of nitrogens with one attached hydrogen (secondary N) is 1. The highest BCUT2D eigenvalue weighted by molar-refractivity contribution is 5.36. The van der Waals surface area contributed by atoms with E-state index in [0.29, 0.717) is 12.1 Å². The van der Waals surface area contributed by atoms with Crippen LogP contribution < -0.4 is 5.32 Å². The van der Waals surface area contributed by atoms with E-state index in [0.717, 1.165) is 19.6 Å². The Morgan fingerprint density at radius 3 is 2.38 bits per heavy atom. The molecule has 0 bridgehead atoms. The predicted octanol–water partition coefficient (Wildman–Crippen LogP) is 4.37. The van der Waals surface area contributed by atoms with E-state index in [2.05, 4.69) is 92.5 Å². The highest BCUT2D eigenvalue weighted by Gasteiger charge is 2.29. The van der Waals surface area contributed by atoms with Gasteiger partial charge in [0.15, 0.2) is 0 Å². The smallest absolute Gasteiger partial charge is 0.0605 e. The minimum absolute atomic E-state index is 0.173. The molecule has 0 spiro atoms. The summed E-state index contributed by atoms with van der Waals surface area (Å²) in [4.78, 5) is 2.65. The Hall–Kier alpha value is -1.64. The summed E-state index contributed by atoms with van der Waals surface area (Å²) in [7, 11) is 0. The van der Waals surface area contributed by atoms with Crippen LogP contribution in [-0.2, 0) is 5.41 Å². The molecule has 2 atom stereocenters. The molecule has 0 radical (unpaired) electrons. The summed E-state index contributed by atoms with van der Waals surface area (Å²) in [6, 6.07) is 21.0. The van der Waals surface area contributed by atoms with Crippen molar-refractivity contribution in [2.45, 2.75) is 45.2 Å². The van der Waals surface area contributed by atoms with Crippen LogP contribution >= 0.6 is 0 Å². The number of rotatable bonds is 3. The minimum Gasteiger partial charge on any atom is -0.314 e. The summed E-state index contributed by atoms with van der Waals surface area (Å²) in [5.41, 5.74) is 4.37. The minimum atomic E-state index is 0.173. The Bertz CT molecular complexity index is 657. The molecule has 2 aromatic carbocycles. The first-order valence-electron chi connectivity index (χ1n) is 9.08. The number of hydrogen-bond acceptors (Lipinski definition) is 2. The van der Waals surface area contributed by atoms with Gasteiger partial charge in [-0.2, -0.15) is 0 Å². The largest absolute Gasteiger partial charge is 0.314 e. The van der Waals surface area contributed by atoms with Crippen molar-refractivity contribution in [2.24, 2.45) is 0 Å². The second-order valence-electron chi connectivity index (χ2n) is 7.98. The lowest BCUT2D eigenvalue weighted by Gasteiger charge is -2.40. The van der Waals surface area contributed by atoms with E-state index in [1.165, 1.54) is 16.7 Å². The molecule has 1 aliphatic heterocycles.